The van der Waals surface area contributed by atoms with E-state index in [0.29, 0.717) is 12.3 Å². The van der Waals surface area contributed by atoms with E-state index in [2.05, 4.69) is 122 Å². The fraction of sp³-hybridized carbons (Fsp3) is 0.619. The van der Waals surface area contributed by atoms with Gasteiger partial charge in [-0.3, -0.25) is 24.4 Å². The van der Waals surface area contributed by atoms with Crippen LogP contribution in [0.4, 0.5) is 4.79 Å². The minimum atomic E-state index is -1.83. The smallest absolute Gasteiger partial charge is 0.503 e. The van der Waals surface area contributed by atoms with Crippen molar-refractivity contribution in [3.8, 4) is 11.5 Å². The van der Waals surface area contributed by atoms with Crippen LogP contribution in [0.2, 0.25) is 0 Å². The van der Waals surface area contributed by atoms with E-state index in [0.717, 1.165) is 67.8 Å². The summed E-state index contributed by atoms with van der Waals surface area (Å²) in [5.74, 6) is 2.00. The Balaban J connectivity index is 0.00000185. The number of aliphatic imine (C=N–C) groups is 2. The number of hydrogen-bond donors (Lipinski definition) is 4. The maximum absolute atomic E-state index is 11.5. The van der Waals surface area contributed by atoms with Crippen molar-refractivity contribution in [1.29, 1.82) is 0 Å². The zero-order chi connectivity index (χ0) is 39.2. The second kappa shape index (κ2) is 18.2. The molecule has 11 heteroatoms. The van der Waals surface area contributed by atoms with Crippen molar-refractivity contribution >= 4 is 24.5 Å². The molecule has 53 heavy (non-hydrogen) atoms. The third kappa shape index (κ3) is 13.1. The molecule has 10 nitrogen and oxygen atoms in total. The van der Waals surface area contributed by atoms with Crippen molar-refractivity contribution in [2.75, 3.05) is 46.3 Å². The molecular weight excluding hydrogens is 706 g/mol. The Morgan fingerprint density at radius 2 is 1.34 bits per heavy atom. The first-order valence-electron chi connectivity index (χ1n) is 18.7. The summed E-state index contributed by atoms with van der Waals surface area (Å²) in [6.45, 7) is 29.7. The van der Waals surface area contributed by atoms with Gasteiger partial charge in [-0.05, 0) is 71.8 Å². The summed E-state index contributed by atoms with van der Waals surface area (Å²) in [7, 11) is 2.22. The van der Waals surface area contributed by atoms with Crippen LogP contribution in [0.3, 0.4) is 0 Å². The summed E-state index contributed by atoms with van der Waals surface area (Å²) in [6, 6.07) is 8.45. The molecule has 4 N–H and O–H groups in total. The van der Waals surface area contributed by atoms with Crippen molar-refractivity contribution in [1.82, 2.24) is 9.80 Å². The fourth-order valence-electron chi connectivity index (χ4n) is 6.67. The first-order chi connectivity index (χ1) is 23.9. The average Bonchev–Trinajstić information content (AvgIpc) is 3.00. The van der Waals surface area contributed by atoms with Gasteiger partial charge in [-0.15, -0.1) is 0 Å². The second-order valence-electron chi connectivity index (χ2n) is 18.1. The number of nitrogens with zero attached hydrogens (tertiary/aromatic N) is 5. The Kier molecular flexibility index (Phi) is 15.7. The summed E-state index contributed by atoms with van der Waals surface area (Å²) in [5, 5.41) is 36.6. The zero-order valence-corrected chi connectivity index (χ0v) is 35.7. The van der Waals surface area contributed by atoms with Gasteiger partial charge in [0.05, 0.1) is 51.9 Å². The van der Waals surface area contributed by atoms with Crippen LogP contribution in [0.1, 0.15) is 129 Å². The maximum Gasteiger partial charge on any atom is 0.503 e. The maximum atomic E-state index is 11.5. The molecule has 0 radical (unpaired) electrons. The molecule has 0 aliphatic carbocycles. The largest absolute Gasteiger partial charge is 0.507 e. The molecule has 0 spiro atoms. The van der Waals surface area contributed by atoms with Gasteiger partial charge in [-0.1, -0.05) is 74.4 Å². The van der Waals surface area contributed by atoms with Gasteiger partial charge in [-0.2, -0.15) is 0 Å². The molecule has 0 bridgehead atoms. The van der Waals surface area contributed by atoms with Crippen molar-refractivity contribution in [2.45, 2.75) is 124 Å². The SMILES string of the molecule is C[N+]1=C2N(CCCc3cc(C(C)(C)C)cc(C=NCC(C)(C)N=Cc4cc(C(C)(C)C)cc(C(C)(C)C)c4O)c3O)CCCN2CCC1.O=C(O)O.[Cr]. The molecule has 0 amide bonds. The van der Waals surface area contributed by atoms with E-state index in [4.69, 9.17) is 25.0 Å². The van der Waals surface area contributed by atoms with Crippen LogP contribution in [0.25, 0.3) is 0 Å². The summed E-state index contributed by atoms with van der Waals surface area (Å²) < 4.78 is 2.41. The number of rotatable bonds is 9. The van der Waals surface area contributed by atoms with Gasteiger partial charge in [-0.25, -0.2) is 4.79 Å². The predicted molar refractivity (Wildman–Crippen MR) is 214 cm³/mol. The van der Waals surface area contributed by atoms with Gasteiger partial charge < -0.3 is 20.4 Å². The number of phenolic OH excluding ortho intramolecular Hbond substituents is 2. The average molecular weight is 773 g/mol. The number of carboxylic acid groups (broad SMARTS) is 2. The number of aromatic hydroxyl groups is 2. The van der Waals surface area contributed by atoms with E-state index in [1.165, 1.54) is 29.9 Å². The fourth-order valence-corrected chi connectivity index (χ4v) is 6.67. The molecule has 1 fully saturated rings. The van der Waals surface area contributed by atoms with Gasteiger partial charge in [0.25, 0.3) is 0 Å². The van der Waals surface area contributed by atoms with Crippen molar-refractivity contribution in [2.24, 2.45) is 9.98 Å². The quantitative estimate of drug-likeness (QED) is 0.151. The summed E-state index contributed by atoms with van der Waals surface area (Å²) in [4.78, 5) is 23.4. The Hall–Kier alpha value is -3.55. The topological polar surface area (TPSA) is 132 Å². The van der Waals surface area contributed by atoms with Crippen molar-refractivity contribution in [3.05, 3.63) is 57.6 Å². The van der Waals surface area contributed by atoms with Crippen LogP contribution in [0, 0.1) is 0 Å². The molecule has 2 heterocycles. The first-order valence-corrected chi connectivity index (χ1v) is 18.7. The van der Waals surface area contributed by atoms with Crippen LogP contribution in [0.15, 0.2) is 34.3 Å². The number of aryl methyl sites for hydroxylation is 1. The summed E-state index contributed by atoms with van der Waals surface area (Å²) in [5.41, 5.74) is 4.95. The molecule has 0 aromatic heterocycles. The minimum absolute atomic E-state index is 0. The van der Waals surface area contributed by atoms with Gasteiger partial charge in [0.2, 0.25) is 0 Å². The van der Waals surface area contributed by atoms with Crippen molar-refractivity contribution < 1.29 is 47.2 Å². The number of phenols is 2. The number of hydrogen-bond acceptors (Lipinski definition) is 7. The van der Waals surface area contributed by atoms with Crippen LogP contribution in [0.5, 0.6) is 11.5 Å². The Bertz CT molecular complexity index is 1660. The number of guanidine groups is 1. The third-order valence-corrected chi connectivity index (χ3v) is 9.72. The first kappa shape index (κ1) is 45.6. The molecule has 0 unspecified atom stereocenters. The van der Waals surface area contributed by atoms with Crippen LogP contribution in [-0.4, -0.2) is 111 Å². The number of fused-ring (bicyclic) bond motifs is 1. The van der Waals surface area contributed by atoms with E-state index < -0.39 is 11.7 Å². The molecule has 2 aromatic rings. The number of benzene rings is 2. The molecular formula is C42H66CrN5O5+. The third-order valence-electron chi connectivity index (χ3n) is 9.72. The van der Waals surface area contributed by atoms with Gasteiger partial charge >= 0.3 is 12.1 Å². The molecule has 1 saturated heterocycles. The Morgan fingerprint density at radius 1 is 0.792 bits per heavy atom. The summed E-state index contributed by atoms with van der Waals surface area (Å²) in [6.07, 6.45) is 6.00. The molecule has 294 valence electrons. The molecule has 0 saturated carbocycles. The molecule has 0 atom stereocenters. The molecule has 4 rings (SSSR count). The van der Waals surface area contributed by atoms with E-state index in [-0.39, 0.29) is 39.4 Å². The molecule has 2 aliphatic heterocycles. The van der Waals surface area contributed by atoms with Crippen LogP contribution >= 0.6 is 0 Å². The van der Waals surface area contributed by atoms with E-state index >= 15 is 0 Å². The van der Waals surface area contributed by atoms with Gasteiger partial charge in [0, 0.05) is 59.3 Å². The Morgan fingerprint density at radius 3 is 1.91 bits per heavy atom. The van der Waals surface area contributed by atoms with E-state index in [1.807, 2.05) is 6.21 Å². The normalized spacial score (nSPS) is 15.7. The minimum Gasteiger partial charge on any atom is -0.507 e. The second-order valence-corrected chi connectivity index (χ2v) is 18.1. The monoisotopic (exact) mass is 772 g/mol. The standard InChI is InChI=1S/C41H63N5O2.CH2O3.Cr/c1-38(2,3)32-22-29(16-13-18-45-20-15-21-46-19-14-17-44(12)37(45)46)35(47)30(23-32)26-42-28-41(10,11)43-27-31-24-33(39(4,5)6)25-34(36(31)48)40(7,8)9;2-1(3)4;/h22-27H,13-21,28H2,1-12H3,(H-,42,43,47,48);(H2,2,3,4);/p+1. The zero-order valence-electron chi connectivity index (χ0n) is 34.4. The van der Waals surface area contributed by atoms with Gasteiger partial charge in [0.1, 0.15) is 11.5 Å². The predicted octanol–water partition coefficient (Wildman–Crippen LogP) is 7.87. The van der Waals surface area contributed by atoms with E-state index in [1.54, 1.807) is 6.21 Å². The molecule has 2 aromatic carbocycles. The number of carbonyl (C=O) groups is 1. The Labute approximate surface area is 329 Å². The molecule has 2 aliphatic rings. The van der Waals surface area contributed by atoms with Crippen LogP contribution < -0.4 is 0 Å². The van der Waals surface area contributed by atoms with Gasteiger partial charge in [0.15, 0.2) is 0 Å². The summed E-state index contributed by atoms with van der Waals surface area (Å²) >= 11 is 0. The van der Waals surface area contributed by atoms with Crippen LogP contribution in [-0.2, 0) is 40.0 Å². The van der Waals surface area contributed by atoms with E-state index in [9.17, 15) is 10.2 Å². The van der Waals surface area contributed by atoms with Crippen molar-refractivity contribution in [3.63, 3.8) is 0 Å².